The van der Waals surface area contributed by atoms with Gasteiger partial charge in [0, 0.05) is 5.92 Å². The molecule has 14 atom stereocenters. The zero-order valence-corrected chi connectivity index (χ0v) is 44.7. The van der Waals surface area contributed by atoms with Gasteiger partial charge < -0.3 is 10.2 Å². The number of carbonyl (C=O) groups excluding carboxylic acids is 1. The predicted molar refractivity (Wildman–Crippen MR) is 288 cm³/mol. The molecular formula is C62H84BrO3P. The molecule has 3 nitrogen and oxygen atoms in total. The Kier molecular flexibility index (Phi) is 13.6. The molecule has 0 aromatic heterocycles. The Bertz CT molecular complexity index is 2140. The number of fused-ring (bicyclic) bond motifs is 10. The molecule has 8 aliphatic carbocycles. The van der Waals surface area contributed by atoms with Crippen molar-refractivity contribution in [3.63, 3.8) is 0 Å². The molecule has 0 unspecified atom stereocenters. The second-order valence-corrected chi connectivity index (χ2v) is 34.3. The Labute approximate surface area is 413 Å². The van der Waals surface area contributed by atoms with E-state index in [2.05, 4.69) is 166 Å². The first kappa shape index (κ1) is 49.4. The number of allylic oxidation sites excluding steroid dienone is 3. The van der Waals surface area contributed by atoms with Gasteiger partial charge in [-0.3, -0.25) is 4.79 Å². The van der Waals surface area contributed by atoms with E-state index < -0.39 is 5.31 Å². The third kappa shape index (κ3) is 8.32. The Balaban J connectivity index is 0.000000126. The quantitative estimate of drug-likeness (QED) is 0.198. The normalized spacial score (nSPS) is 40.0. The fourth-order valence-electron chi connectivity index (χ4n) is 17.6. The van der Waals surface area contributed by atoms with Gasteiger partial charge in [0.2, 0.25) is 0 Å². The van der Waals surface area contributed by atoms with Crippen LogP contribution >= 0.6 is 20.8 Å². The topological polar surface area (TPSA) is 57.5 Å². The van der Waals surface area contributed by atoms with Gasteiger partial charge in [0.25, 0.3) is 0 Å². The molecule has 0 bridgehead atoms. The van der Waals surface area contributed by atoms with Crippen LogP contribution in [0.2, 0.25) is 0 Å². The number of carbonyl (C=O) groups is 1. The van der Waals surface area contributed by atoms with E-state index in [4.69, 9.17) is 0 Å². The number of aliphatic hydroxyl groups excluding tert-OH is 2. The first-order chi connectivity index (χ1) is 31.8. The van der Waals surface area contributed by atoms with Crippen molar-refractivity contribution in [2.75, 3.05) is 6.66 Å². The zero-order chi connectivity index (χ0) is 47.6. The molecule has 362 valence electrons. The number of rotatable bonds is 5. The summed E-state index contributed by atoms with van der Waals surface area (Å²) in [6.07, 6.45) is 23.9. The summed E-state index contributed by atoms with van der Waals surface area (Å²) >= 11 is 4.24. The van der Waals surface area contributed by atoms with Gasteiger partial charge in [-0.05, 0) is 180 Å². The van der Waals surface area contributed by atoms with Crippen LogP contribution in [0.15, 0.2) is 126 Å². The molecule has 0 heterocycles. The molecule has 6 fully saturated rings. The van der Waals surface area contributed by atoms with E-state index in [0.717, 1.165) is 80.0 Å². The minimum absolute atomic E-state index is 0.0843. The molecular weight excluding hydrogens is 904 g/mol. The van der Waals surface area contributed by atoms with Crippen LogP contribution in [0, 0.1) is 69.0 Å². The molecule has 0 saturated heterocycles. The molecule has 2 N–H and O–H groups in total. The average molecular weight is 988 g/mol. The van der Waals surface area contributed by atoms with Gasteiger partial charge in [-0.25, -0.2) is 0 Å². The fourth-order valence-corrected chi connectivity index (χ4v) is 23.2. The summed E-state index contributed by atoms with van der Waals surface area (Å²) in [4.78, 5) is 12.2. The van der Waals surface area contributed by atoms with Crippen LogP contribution in [0.4, 0.5) is 0 Å². The summed E-state index contributed by atoms with van der Waals surface area (Å²) in [5.74, 6) is 6.38. The maximum absolute atomic E-state index is 12.2. The molecule has 3 aromatic rings. The molecule has 0 spiro atoms. The van der Waals surface area contributed by atoms with Crippen molar-refractivity contribution < 1.29 is 15.0 Å². The van der Waals surface area contributed by atoms with Crippen LogP contribution in [0.5, 0.6) is 0 Å². The van der Waals surface area contributed by atoms with Gasteiger partial charge in [-0.1, -0.05) is 63.1 Å². The second kappa shape index (κ2) is 18.5. The fraction of sp³-hybridized carbons (Fsp3) is 0.597. The molecule has 3 aromatic carbocycles. The monoisotopic (exact) mass is 987 g/mol. The first-order valence-electron chi connectivity index (χ1n) is 26.7. The van der Waals surface area contributed by atoms with Crippen molar-refractivity contribution in [3.8, 4) is 0 Å². The number of Topliss-reactive ketones (excluding diaryl/α,β-unsaturated/α-hetero) is 1. The van der Waals surface area contributed by atoms with Crippen LogP contribution in [0.1, 0.15) is 144 Å². The van der Waals surface area contributed by atoms with Crippen molar-refractivity contribution in [2.24, 2.45) is 69.0 Å². The van der Waals surface area contributed by atoms with Crippen LogP contribution in [0.25, 0.3) is 0 Å². The van der Waals surface area contributed by atoms with E-state index in [1.165, 1.54) is 85.7 Å². The summed E-state index contributed by atoms with van der Waals surface area (Å²) < 4.78 is 0. The van der Waals surface area contributed by atoms with Crippen LogP contribution in [-0.4, -0.2) is 34.9 Å². The molecule has 67 heavy (non-hydrogen) atoms. The first-order valence-corrected chi connectivity index (χ1v) is 31.4. The molecule has 8 aliphatic rings. The molecule has 0 aliphatic heterocycles. The summed E-state index contributed by atoms with van der Waals surface area (Å²) in [6.45, 7) is 20.8. The molecule has 5 heteroatoms. The Morgan fingerprint density at radius 1 is 0.552 bits per heavy atom. The Morgan fingerprint density at radius 3 is 1.30 bits per heavy atom. The van der Waals surface area contributed by atoms with Gasteiger partial charge in [0.15, 0.2) is 0 Å². The van der Waals surface area contributed by atoms with E-state index in [-0.39, 0.29) is 17.6 Å². The van der Waals surface area contributed by atoms with E-state index in [9.17, 15) is 15.0 Å². The average Bonchev–Trinajstić information content (AvgIpc) is 3.88. The van der Waals surface area contributed by atoms with Crippen LogP contribution in [0.3, 0.4) is 0 Å². The van der Waals surface area contributed by atoms with E-state index in [1.54, 1.807) is 11.1 Å². The van der Waals surface area contributed by atoms with Gasteiger partial charge in [-0.2, -0.15) is 0 Å². The van der Waals surface area contributed by atoms with Gasteiger partial charge >= 0.3 is 134 Å². The number of hydrogen-bond donors (Lipinski definition) is 2. The molecule has 11 rings (SSSR count). The number of hydrogen-bond acceptors (Lipinski definition) is 3. The summed E-state index contributed by atoms with van der Waals surface area (Å²) in [7, 11) is 0. The molecule has 6 saturated carbocycles. The van der Waals surface area contributed by atoms with Crippen LogP contribution in [-0.2, 0) is 4.79 Å². The summed E-state index contributed by atoms with van der Waals surface area (Å²) in [6, 6.07) is 32.3. The van der Waals surface area contributed by atoms with Crippen molar-refractivity contribution in [2.45, 2.75) is 156 Å². The predicted octanol–water partition coefficient (Wildman–Crippen LogP) is 14.5. The van der Waals surface area contributed by atoms with Crippen LogP contribution < -0.4 is 15.9 Å². The van der Waals surface area contributed by atoms with Gasteiger partial charge in [0.1, 0.15) is 5.78 Å². The second-order valence-electron chi connectivity index (χ2n) is 24.6. The van der Waals surface area contributed by atoms with Crippen molar-refractivity contribution in [1.82, 2.24) is 0 Å². The van der Waals surface area contributed by atoms with E-state index in [1.807, 2.05) is 6.92 Å². The third-order valence-corrected chi connectivity index (χ3v) is 29.6. The van der Waals surface area contributed by atoms with Crippen molar-refractivity contribution >= 4 is 42.5 Å². The van der Waals surface area contributed by atoms with E-state index in [0.29, 0.717) is 27.9 Å². The van der Waals surface area contributed by atoms with Crippen molar-refractivity contribution in [3.05, 3.63) is 126 Å². The van der Waals surface area contributed by atoms with Gasteiger partial charge in [-0.15, -0.1) is 0 Å². The maximum atomic E-state index is 12.2. The Morgan fingerprint density at radius 2 is 0.925 bits per heavy atom. The SMILES string of the molecule is C=C(C)[C@H]1CC[C@H]2[C@@H]3CC=C4C[C@@H](O)CC[C@]4(C)[C@H]3CC[C@]12C.CC(=O)[C@H]1CC[C@H]2[C@@H]3CC=C4C[C@@H](O)CC[C@]4(C)[C@H]3CC[C@]12C.CP(Br)(c1ccccc1)(c1ccccc1)c1ccccc1. The number of aliphatic hydroxyl groups is 2. The minimum atomic E-state index is -2.56. The van der Waals surface area contributed by atoms with Gasteiger partial charge in [0.05, 0.1) is 12.2 Å². The summed E-state index contributed by atoms with van der Waals surface area (Å²) in [5, 5.41) is 21.6. The Hall–Kier alpha value is -2.62. The van der Waals surface area contributed by atoms with E-state index >= 15 is 0 Å². The third-order valence-electron chi connectivity index (χ3n) is 21.4. The number of ketones is 1. The molecule has 0 radical (unpaired) electrons. The number of benzene rings is 3. The summed E-state index contributed by atoms with van der Waals surface area (Å²) in [5.41, 5.74) is 6.01. The molecule has 0 amide bonds. The zero-order valence-electron chi connectivity index (χ0n) is 42.2. The van der Waals surface area contributed by atoms with Crippen molar-refractivity contribution in [1.29, 1.82) is 0 Å². The standard InChI is InChI=1S/C22H34O.C21H32O2.C19H18BrP/c1-14(2)18-7-8-19-17-6-5-15-13-16(23)9-11-21(15,3)20(17)10-12-22(18,19)4;1-13(22)17-6-7-18-16-5-4-14-12-15(23)8-10-20(14,2)19(16)9-11-21(17,18)3;1-21(20,17-11-5-2-6-12-17,18-13-7-3-8-14-18)19-15-9-4-10-16-19/h5,16-20,23H,1,6-13H2,2-4H3;4,15-19,23H,5-12H2,1-3H3;2-16H,1H3/t16-,17-,18+,19-,20-,21-,22+;15-,16-,17+,18-,19-,20-,21+;/m00./s1. The number of halogens is 1.